The van der Waals surface area contributed by atoms with Crippen molar-refractivity contribution in [3.05, 3.63) is 163 Å². The highest BCUT2D eigenvalue weighted by molar-refractivity contribution is 6.27. The Labute approximate surface area is 271 Å². The number of anilines is 3. The van der Waals surface area contributed by atoms with Gasteiger partial charge in [-0.05, 0) is 116 Å². The zero-order valence-electron chi connectivity index (χ0n) is 26.7. The lowest BCUT2D eigenvalue weighted by molar-refractivity contribution is 0.733. The van der Waals surface area contributed by atoms with Crippen molar-refractivity contribution in [1.29, 1.82) is 0 Å². The Kier molecular flexibility index (Phi) is 7.03. The molecular formula is C45H37N. The normalized spacial score (nSPS) is 12.2. The SMILES string of the molecule is CCC(C)c1ccc(N(c2ccc(C)cc2)c2ccc(-c3ccc4ccc5c(-c6ccccc6)ccc6ccc3c4c65)cc2)cc1. The van der Waals surface area contributed by atoms with Gasteiger partial charge in [-0.15, -0.1) is 0 Å². The molecule has 0 bridgehead atoms. The van der Waals surface area contributed by atoms with Crippen molar-refractivity contribution in [2.45, 2.75) is 33.1 Å². The molecule has 1 nitrogen and oxygen atoms in total. The summed E-state index contributed by atoms with van der Waals surface area (Å²) in [6, 6.07) is 56.1. The van der Waals surface area contributed by atoms with Gasteiger partial charge in [0, 0.05) is 17.1 Å². The van der Waals surface area contributed by atoms with E-state index in [1.165, 1.54) is 71.4 Å². The summed E-state index contributed by atoms with van der Waals surface area (Å²) < 4.78 is 0. The molecule has 1 unspecified atom stereocenters. The second-order valence-electron chi connectivity index (χ2n) is 12.6. The van der Waals surface area contributed by atoms with Crippen LogP contribution in [0.15, 0.2) is 152 Å². The first-order valence-corrected chi connectivity index (χ1v) is 16.4. The molecule has 1 heteroatoms. The van der Waals surface area contributed by atoms with Crippen LogP contribution in [0.25, 0.3) is 54.6 Å². The van der Waals surface area contributed by atoms with Gasteiger partial charge in [-0.3, -0.25) is 0 Å². The van der Waals surface area contributed by atoms with Gasteiger partial charge in [0.15, 0.2) is 0 Å². The fourth-order valence-electron chi connectivity index (χ4n) is 7.04. The summed E-state index contributed by atoms with van der Waals surface area (Å²) in [5, 5.41) is 7.86. The number of hydrogen-bond donors (Lipinski definition) is 0. The van der Waals surface area contributed by atoms with Crippen molar-refractivity contribution >= 4 is 49.4 Å². The van der Waals surface area contributed by atoms with Crippen LogP contribution < -0.4 is 4.90 Å². The second-order valence-corrected chi connectivity index (χ2v) is 12.6. The zero-order chi connectivity index (χ0) is 31.2. The first-order valence-electron chi connectivity index (χ1n) is 16.4. The summed E-state index contributed by atoms with van der Waals surface area (Å²) in [4.78, 5) is 2.36. The molecule has 0 aliphatic rings. The molecule has 0 spiro atoms. The predicted octanol–water partition coefficient (Wildman–Crippen LogP) is 13.2. The number of aryl methyl sites for hydroxylation is 1. The van der Waals surface area contributed by atoms with Gasteiger partial charge in [0.05, 0.1) is 0 Å². The quantitative estimate of drug-likeness (QED) is 0.167. The number of nitrogens with zero attached hydrogens (tertiary/aromatic N) is 1. The topological polar surface area (TPSA) is 3.24 Å². The average Bonchev–Trinajstić information content (AvgIpc) is 3.12. The van der Waals surface area contributed by atoms with Crippen LogP contribution in [0.4, 0.5) is 17.1 Å². The molecule has 0 radical (unpaired) electrons. The van der Waals surface area contributed by atoms with E-state index >= 15 is 0 Å². The fraction of sp³-hybridized carbons (Fsp3) is 0.111. The average molecular weight is 592 g/mol. The molecule has 0 saturated heterocycles. The maximum atomic E-state index is 2.36. The van der Waals surface area contributed by atoms with Crippen LogP contribution in [-0.2, 0) is 0 Å². The molecule has 1 atom stereocenters. The number of hydrogen-bond acceptors (Lipinski definition) is 1. The van der Waals surface area contributed by atoms with Crippen LogP contribution in [-0.4, -0.2) is 0 Å². The van der Waals surface area contributed by atoms with Crippen molar-refractivity contribution in [3.63, 3.8) is 0 Å². The van der Waals surface area contributed by atoms with E-state index < -0.39 is 0 Å². The molecule has 0 N–H and O–H groups in total. The Hall–Kier alpha value is -5.40. The van der Waals surface area contributed by atoms with E-state index in [0.717, 1.165) is 17.8 Å². The molecule has 222 valence electrons. The first-order chi connectivity index (χ1) is 22.6. The molecule has 0 amide bonds. The molecule has 8 rings (SSSR count). The summed E-state index contributed by atoms with van der Waals surface area (Å²) in [5.74, 6) is 0.552. The lowest BCUT2D eigenvalue weighted by Crippen LogP contribution is -2.10. The predicted molar refractivity (Wildman–Crippen MR) is 199 cm³/mol. The molecule has 0 aliphatic carbocycles. The summed E-state index contributed by atoms with van der Waals surface area (Å²) in [6.07, 6.45) is 1.14. The Morgan fingerprint density at radius 2 is 0.935 bits per heavy atom. The molecule has 0 saturated carbocycles. The van der Waals surface area contributed by atoms with Crippen molar-refractivity contribution in [2.24, 2.45) is 0 Å². The third-order valence-electron chi connectivity index (χ3n) is 9.81. The largest absolute Gasteiger partial charge is 0.311 e. The van der Waals surface area contributed by atoms with Gasteiger partial charge >= 0.3 is 0 Å². The lowest BCUT2D eigenvalue weighted by atomic mass is 9.87. The van der Waals surface area contributed by atoms with E-state index in [1.54, 1.807) is 0 Å². The minimum Gasteiger partial charge on any atom is -0.311 e. The van der Waals surface area contributed by atoms with Crippen molar-refractivity contribution in [1.82, 2.24) is 0 Å². The van der Waals surface area contributed by atoms with E-state index in [0.29, 0.717) is 5.92 Å². The maximum Gasteiger partial charge on any atom is 0.0462 e. The molecule has 0 aromatic heterocycles. The Morgan fingerprint density at radius 3 is 1.46 bits per heavy atom. The number of benzene rings is 8. The van der Waals surface area contributed by atoms with E-state index in [4.69, 9.17) is 0 Å². The molecule has 0 aliphatic heterocycles. The smallest absolute Gasteiger partial charge is 0.0462 e. The molecule has 46 heavy (non-hydrogen) atoms. The molecule has 0 fully saturated rings. The van der Waals surface area contributed by atoms with Gasteiger partial charge < -0.3 is 4.90 Å². The van der Waals surface area contributed by atoms with Crippen LogP contribution in [0.3, 0.4) is 0 Å². The van der Waals surface area contributed by atoms with Gasteiger partial charge in [0.1, 0.15) is 0 Å². The van der Waals surface area contributed by atoms with Gasteiger partial charge in [0.25, 0.3) is 0 Å². The fourth-order valence-corrected chi connectivity index (χ4v) is 7.04. The third kappa shape index (κ3) is 4.80. The summed E-state index contributed by atoms with van der Waals surface area (Å²) in [5.41, 5.74) is 11.1. The van der Waals surface area contributed by atoms with Crippen LogP contribution in [0.1, 0.15) is 37.3 Å². The summed E-state index contributed by atoms with van der Waals surface area (Å²) >= 11 is 0. The lowest BCUT2D eigenvalue weighted by Gasteiger charge is -2.26. The maximum absolute atomic E-state index is 2.36. The molecule has 8 aromatic rings. The van der Waals surface area contributed by atoms with Gasteiger partial charge in [-0.2, -0.15) is 0 Å². The highest BCUT2D eigenvalue weighted by atomic mass is 15.1. The zero-order valence-corrected chi connectivity index (χ0v) is 26.7. The van der Waals surface area contributed by atoms with E-state index in [9.17, 15) is 0 Å². The van der Waals surface area contributed by atoms with Gasteiger partial charge in [-0.1, -0.05) is 135 Å². The van der Waals surface area contributed by atoms with E-state index in [-0.39, 0.29) is 0 Å². The first kappa shape index (κ1) is 28.1. The molecule has 8 aromatic carbocycles. The standard InChI is InChI=1S/C45H37N/c1-4-31(3)32-12-22-38(23-13-32)46(37-20-10-30(2)11-21-37)39-24-14-34(15-25-39)41-27-17-36-18-28-42-40(33-8-6-5-7-9-33)26-16-35-19-29-43(41)45(36)44(35)42/h5-29,31H,4H2,1-3H3. The van der Waals surface area contributed by atoms with E-state index in [2.05, 4.69) is 177 Å². The molecular weight excluding hydrogens is 555 g/mol. The highest BCUT2D eigenvalue weighted by Gasteiger charge is 2.17. The minimum atomic E-state index is 0.552. The van der Waals surface area contributed by atoms with Gasteiger partial charge in [0.2, 0.25) is 0 Å². The van der Waals surface area contributed by atoms with Crippen molar-refractivity contribution in [3.8, 4) is 22.3 Å². The minimum absolute atomic E-state index is 0.552. The Balaban J connectivity index is 1.24. The summed E-state index contributed by atoms with van der Waals surface area (Å²) in [6.45, 7) is 6.69. The highest BCUT2D eigenvalue weighted by Crippen LogP contribution is 2.43. The second kappa shape index (κ2) is 11.5. The monoisotopic (exact) mass is 591 g/mol. The summed E-state index contributed by atoms with van der Waals surface area (Å²) in [7, 11) is 0. The third-order valence-corrected chi connectivity index (χ3v) is 9.81. The molecule has 0 heterocycles. The van der Waals surface area contributed by atoms with E-state index in [1.807, 2.05) is 0 Å². The van der Waals surface area contributed by atoms with Gasteiger partial charge in [-0.25, -0.2) is 0 Å². The Morgan fingerprint density at radius 1 is 0.478 bits per heavy atom. The van der Waals surface area contributed by atoms with Crippen molar-refractivity contribution in [2.75, 3.05) is 4.90 Å². The van der Waals surface area contributed by atoms with Crippen LogP contribution in [0, 0.1) is 6.92 Å². The van der Waals surface area contributed by atoms with Crippen molar-refractivity contribution < 1.29 is 0 Å². The van der Waals surface area contributed by atoms with Crippen LogP contribution in [0.5, 0.6) is 0 Å². The van der Waals surface area contributed by atoms with Crippen LogP contribution in [0.2, 0.25) is 0 Å². The van der Waals surface area contributed by atoms with Crippen LogP contribution >= 0.6 is 0 Å². The Bertz CT molecular complexity index is 2280. The number of rotatable bonds is 7.